The summed E-state index contributed by atoms with van der Waals surface area (Å²) in [6, 6.07) is 14.3. The van der Waals surface area contributed by atoms with Crippen molar-refractivity contribution >= 4 is 23.4 Å². The van der Waals surface area contributed by atoms with E-state index >= 15 is 0 Å². The van der Waals surface area contributed by atoms with E-state index in [0.717, 1.165) is 5.56 Å². The van der Waals surface area contributed by atoms with E-state index in [1.54, 1.807) is 30.3 Å². The van der Waals surface area contributed by atoms with Crippen LogP contribution >= 0.6 is 11.6 Å². The van der Waals surface area contributed by atoms with Crippen molar-refractivity contribution in [3.8, 4) is 11.8 Å². The summed E-state index contributed by atoms with van der Waals surface area (Å²) < 4.78 is 16.4. The van der Waals surface area contributed by atoms with Gasteiger partial charge in [0.05, 0.1) is 29.7 Å². The van der Waals surface area contributed by atoms with Crippen molar-refractivity contribution in [1.29, 1.82) is 5.26 Å². The number of nitrogens with zero attached hydrogens (tertiary/aromatic N) is 1. The number of nitrogens with two attached hydrogens (primary N) is 1. The maximum Gasteiger partial charge on any atom is 0.340 e. The van der Waals surface area contributed by atoms with Gasteiger partial charge in [0.15, 0.2) is 5.78 Å². The number of hydrogen-bond donors (Lipinski definition) is 1. The molecule has 2 aromatic rings. The molecule has 0 radical (unpaired) electrons. The summed E-state index contributed by atoms with van der Waals surface area (Å²) in [5.41, 5.74) is 8.39. The fraction of sp³-hybridized carbons (Fsp3) is 0.240. The number of hydrogen-bond acceptors (Lipinski definition) is 7. The van der Waals surface area contributed by atoms with E-state index < -0.39 is 11.9 Å². The SMILES string of the molecule is COC(=O)C1=C(N)OC2=C(C(=O)CCC2)[C@H]1c1ccc(OCc2ccccc2C#N)c(Cl)c1. The molecule has 1 aliphatic carbocycles. The Morgan fingerprint density at radius 3 is 2.79 bits per heavy atom. The Morgan fingerprint density at radius 2 is 2.06 bits per heavy atom. The molecule has 0 unspecified atom stereocenters. The highest BCUT2D eigenvalue weighted by Gasteiger charge is 2.41. The molecule has 33 heavy (non-hydrogen) atoms. The molecule has 0 fully saturated rings. The lowest BCUT2D eigenvalue weighted by molar-refractivity contribution is -0.136. The van der Waals surface area contributed by atoms with Gasteiger partial charge in [-0.15, -0.1) is 0 Å². The first-order chi connectivity index (χ1) is 15.9. The van der Waals surface area contributed by atoms with Crippen LogP contribution in [0.3, 0.4) is 0 Å². The second-order valence-electron chi connectivity index (χ2n) is 7.67. The highest BCUT2D eigenvalue weighted by molar-refractivity contribution is 6.32. The monoisotopic (exact) mass is 464 g/mol. The van der Waals surface area contributed by atoms with Gasteiger partial charge in [0.2, 0.25) is 5.88 Å². The summed E-state index contributed by atoms with van der Waals surface area (Å²) in [5.74, 6) is -0.719. The van der Waals surface area contributed by atoms with Crippen molar-refractivity contribution in [1.82, 2.24) is 0 Å². The Morgan fingerprint density at radius 1 is 1.27 bits per heavy atom. The average molecular weight is 465 g/mol. The Labute approximate surface area is 196 Å². The summed E-state index contributed by atoms with van der Waals surface area (Å²) in [6.45, 7) is 0.161. The highest BCUT2D eigenvalue weighted by atomic mass is 35.5. The second kappa shape index (κ2) is 9.39. The number of carbonyl (C=O) groups excluding carboxylic acids is 2. The maximum absolute atomic E-state index is 12.8. The van der Waals surface area contributed by atoms with Gasteiger partial charge in [-0.25, -0.2) is 4.79 Å². The first kappa shape index (κ1) is 22.4. The maximum atomic E-state index is 12.8. The Bertz CT molecular complexity index is 1240. The fourth-order valence-electron chi connectivity index (χ4n) is 4.12. The Hall–Kier alpha value is -3.76. The van der Waals surface area contributed by atoms with Crippen LogP contribution in [-0.2, 0) is 25.7 Å². The van der Waals surface area contributed by atoms with E-state index in [4.69, 9.17) is 31.5 Å². The van der Waals surface area contributed by atoms with Gasteiger partial charge >= 0.3 is 5.97 Å². The third-order valence-corrected chi connectivity index (χ3v) is 6.00. The lowest BCUT2D eigenvalue weighted by atomic mass is 9.77. The number of carbonyl (C=O) groups is 2. The van der Waals surface area contributed by atoms with Gasteiger partial charge in [-0.1, -0.05) is 35.9 Å². The standard InChI is InChI=1S/C25H21ClN2O5/c1-31-25(30)23-21(22-18(29)7-4-8-20(22)33-24(23)28)14-9-10-19(17(26)11-14)32-13-16-6-3-2-5-15(16)12-27/h2-3,5-6,9-11,21H,4,7-8,13,28H2,1H3/t21-/m1/s1. The number of benzene rings is 2. The molecule has 7 nitrogen and oxygen atoms in total. The Balaban J connectivity index is 1.69. The van der Waals surface area contributed by atoms with E-state index in [9.17, 15) is 14.9 Å². The van der Waals surface area contributed by atoms with E-state index in [1.165, 1.54) is 7.11 Å². The molecule has 1 atom stereocenters. The van der Waals surface area contributed by atoms with Crippen LogP contribution in [0.4, 0.5) is 0 Å². The number of methoxy groups -OCH3 is 1. The van der Waals surface area contributed by atoms with Gasteiger partial charge in [-0.2, -0.15) is 5.26 Å². The lowest BCUT2D eigenvalue weighted by Gasteiger charge is -2.32. The topological polar surface area (TPSA) is 112 Å². The zero-order chi connectivity index (χ0) is 23.5. The first-order valence-electron chi connectivity index (χ1n) is 10.4. The molecule has 2 aliphatic rings. The fourth-order valence-corrected chi connectivity index (χ4v) is 4.37. The normalized spacial score (nSPS) is 17.7. The van der Waals surface area contributed by atoms with Gasteiger partial charge in [-0.05, 0) is 30.2 Å². The minimum absolute atomic E-state index is 0.0687. The molecule has 4 rings (SSSR count). The molecule has 0 bridgehead atoms. The summed E-state index contributed by atoms with van der Waals surface area (Å²) in [5, 5.41) is 9.55. The first-order valence-corrected chi connectivity index (χ1v) is 10.7. The van der Waals surface area contributed by atoms with Crippen molar-refractivity contribution in [3.05, 3.63) is 87.0 Å². The van der Waals surface area contributed by atoms with Crippen LogP contribution in [0.15, 0.2) is 65.3 Å². The minimum Gasteiger partial charge on any atom is -0.487 e. The molecule has 2 aromatic carbocycles. The molecule has 0 spiro atoms. The highest BCUT2D eigenvalue weighted by Crippen LogP contribution is 2.45. The molecule has 2 N–H and O–H groups in total. The van der Waals surface area contributed by atoms with Crippen molar-refractivity contribution < 1.29 is 23.8 Å². The Kier molecular flexibility index (Phi) is 6.38. The number of ketones is 1. The molecule has 0 saturated carbocycles. The third-order valence-electron chi connectivity index (χ3n) is 5.70. The number of esters is 1. The molecule has 1 heterocycles. The average Bonchev–Trinajstić information content (AvgIpc) is 2.82. The van der Waals surface area contributed by atoms with E-state index in [0.29, 0.717) is 52.5 Å². The largest absolute Gasteiger partial charge is 0.487 e. The second-order valence-corrected chi connectivity index (χ2v) is 8.07. The van der Waals surface area contributed by atoms with Gasteiger partial charge in [0, 0.05) is 24.0 Å². The number of nitriles is 1. The van der Waals surface area contributed by atoms with Crippen LogP contribution in [-0.4, -0.2) is 18.9 Å². The van der Waals surface area contributed by atoms with Crippen molar-refractivity contribution in [3.63, 3.8) is 0 Å². The number of Topliss-reactive ketones (excluding diaryl/α,β-unsaturated/α-hetero) is 1. The molecular formula is C25H21ClN2O5. The molecular weight excluding hydrogens is 444 g/mol. The molecule has 0 amide bonds. The van der Waals surface area contributed by atoms with Gasteiger partial charge in [0.25, 0.3) is 0 Å². The van der Waals surface area contributed by atoms with Crippen LogP contribution in [0.5, 0.6) is 5.75 Å². The summed E-state index contributed by atoms with van der Waals surface area (Å²) in [6.07, 6.45) is 1.57. The number of rotatable bonds is 5. The quantitative estimate of drug-likeness (QED) is 0.658. The van der Waals surface area contributed by atoms with Crippen LogP contribution < -0.4 is 10.5 Å². The smallest absolute Gasteiger partial charge is 0.340 e. The van der Waals surface area contributed by atoms with E-state index in [2.05, 4.69) is 6.07 Å². The number of halogens is 1. The predicted molar refractivity (Wildman–Crippen MR) is 120 cm³/mol. The van der Waals surface area contributed by atoms with Crippen LogP contribution in [0.1, 0.15) is 41.9 Å². The predicted octanol–water partition coefficient (Wildman–Crippen LogP) is 4.25. The molecule has 1 aliphatic heterocycles. The van der Waals surface area contributed by atoms with Gasteiger partial charge in [0.1, 0.15) is 23.7 Å². The molecule has 8 heteroatoms. The van der Waals surface area contributed by atoms with Gasteiger partial charge in [-0.3, -0.25) is 4.79 Å². The minimum atomic E-state index is -0.750. The molecule has 168 valence electrons. The van der Waals surface area contributed by atoms with Crippen LogP contribution in [0.2, 0.25) is 5.02 Å². The molecule has 0 saturated heterocycles. The summed E-state index contributed by atoms with van der Waals surface area (Å²) >= 11 is 6.51. The third kappa shape index (κ3) is 4.30. The summed E-state index contributed by atoms with van der Waals surface area (Å²) in [4.78, 5) is 25.4. The van der Waals surface area contributed by atoms with Crippen molar-refractivity contribution in [2.24, 2.45) is 5.73 Å². The van der Waals surface area contributed by atoms with E-state index in [1.807, 2.05) is 12.1 Å². The number of allylic oxidation sites excluding steroid dienone is 2. The zero-order valence-electron chi connectivity index (χ0n) is 17.9. The summed E-state index contributed by atoms with van der Waals surface area (Å²) in [7, 11) is 1.25. The zero-order valence-corrected chi connectivity index (χ0v) is 18.6. The van der Waals surface area contributed by atoms with Crippen LogP contribution in [0, 0.1) is 11.3 Å². The number of ether oxygens (including phenoxy) is 3. The molecule has 0 aromatic heterocycles. The van der Waals surface area contributed by atoms with Gasteiger partial charge < -0.3 is 19.9 Å². The van der Waals surface area contributed by atoms with Crippen molar-refractivity contribution in [2.75, 3.05) is 7.11 Å². The lowest BCUT2D eigenvalue weighted by Crippen LogP contribution is -2.31. The van der Waals surface area contributed by atoms with Crippen molar-refractivity contribution in [2.45, 2.75) is 31.8 Å². The van der Waals surface area contributed by atoms with E-state index in [-0.39, 0.29) is 23.8 Å². The van der Waals surface area contributed by atoms with Crippen LogP contribution in [0.25, 0.3) is 0 Å².